The SMILES string of the molecule is CC(C)CC(NC(=O)C(Cc1cnc[nH]1)NC(=O)C(N)Cc1cnc[nH]1)C(=O)NC(C)C(=O)O. The van der Waals surface area contributed by atoms with Crippen LogP contribution < -0.4 is 21.7 Å². The van der Waals surface area contributed by atoms with Gasteiger partial charge in [-0.05, 0) is 19.3 Å². The van der Waals surface area contributed by atoms with E-state index >= 15 is 0 Å². The summed E-state index contributed by atoms with van der Waals surface area (Å²) in [5, 5.41) is 16.7. The molecule has 2 aromatic rings. The molecule has 0 aliphatic carbocycles. The number of carbonyl (C=O) groups excluding carboxylic acids is 3. The third kappa shape index (κ3) is 8.31. The van der Waals surface area contributed by atoms with Gasteiger partial charge in [0.2, 0.25) is 17.7 Å². The molecule has 2 heterocycles. The molecule has 4 unspecified atom stereocenters. The monoisotopic (exact) mass is 476 g/mol. The molecule has 13 heteroatoms. The zero-order valence-corrected chi connectivity index (χ0v) is 19.4. The van der Waals surface area contributed by atoms with Crippen LogP contribution in [0, 0.1) is 5.92 Å². The lowest BCUT2D eigenvalue weighted by molar-refractivity contribution is -0.141. The summed E-state index contributed by atoms with van der Waals surface area (Å²) in [5.74, 6) is -2.96. The Morgan fingerprint density at radius 3 is 1.91 bits per heavy atom. The van der Waals surface area contributed by atoms with Crippen molar-refractivity contribution < 1.29 is 24.3 Å². The van der Waals surface area contributed by atoms with Crippen LogP contribution in [0.1, 0.15) is 38.6 Å². The number of carboxylic acids is 1. The van der Waals surface area contributed by atoms with Crippen LogP contribution in [-0.4, -0.2) is 72.9 Å². The van der Waals surface area contributed by atoms with Crippen LogP contribution in [0.2, 0.25) is 0 Å². The van der Waals surface area contributed by atoms with Crippen LogP contribution in [0.5, 0.6) is 0 Å². The molecule has 0 fully saturated rings. The Hall–Kier alpha value is -3.74. The smallest absolute Gasteiger partial charge is 0.325 e. The van der Waals surface area contributed by atoms with Gasteiger partial charge in [0.1, 0.15) is 18.1 Å². The Balaban J connectivity index is 2.13. The van der Waals surface area contributed by atoms with Gasteiger partial charge in [-0.1, -0.05) is 13.8 Å². The number of H-pyrrole nitrogens is 2. The molecule has 0 saturated carbocycles. The lowest BCUT2D eigenvalue weighted by Crippen LogP contribution is -2.57. The first-order valence-corrected chi connectivity index (χ1v) is 10.9. The molecule has 2 aromatic heterocycles. The van der Waals surface area contributed by atoms with Gasteiger partial charge in [0.15, 0.2) is 0 Å². The zero-order valence-electron chi connectivity index (χ0n) is 19.4. The minimum Gasteiger partial charge on any atom is -0.480 e. The molecule has 186 valence electrons. The molecule has 0 aliphatic rings. The lowest BCUT2D eigenvalue weighted by atomic mass is 10.0. The number of amides is 3. The normalized spacial score (nSPS) is 14.6. The van der Waals surface area contributed by atoms with Crippen LogP contribution in [-0.2, 0) is 32.0 Å². The highest BCUT2D eigenvalue weighted by Gasteiger charge is 2.30. The summed E-state index contributed by atoms with van der Waals surface area (Å²) in [4.78, 5) is 63.2. The number of rotatable bonds is 13. The zero-order chi connectivity index (χ0) is 25.3. The molecule has 0 radical (unpaired) electrons. The van der Waals surface area contributed by atoms with Crippen molar-refractivity contribution in [3.05, 3.63) is 36.4 Å². The van der Waals surface area contributed by atoms with E-state index in [1.807, 2.05) is 13.8 Å². The standard InChI is InChI=1S/C21H32N8O5/c1-11(2)4-16(19(31)27-12(3)21(33)34)29-20(32)17(6-14-8-24-10-26-14)28-18(30)15(22)5-13-7-23-9-25-13/h7-12,15-17H,4-6,22H2,1-3H3,(H,23,25)(H,24,26)(H,27,31)(H,28,30)(H,29,32)(H,33,34). The fourth-order valence-electron chi connectivity index (χ4n) is 3.18. The summed E-state index contributed by atoms with van der Waals surface area (Å²) >= 11 is 0. The number of aromatic amines is 2. The Morgan fingerprint density at radius 1 is 0.882 bits per heavy atom. The van der Waals surface area contributed by atoms with E-state index in [4.69, 9.17) is 10.8 Å². The summed E-state index contributed by atoms with van der Waals surface area (Å²) in [5.41, 5.74) is 7.25. The van der Waals surface area contributed by atoms with Crippen molar-refractivity contribution in [3.8, 4) is 0 Å². The number of aromatic nitrogens is 4. The van der Waals surface area contributed by atoms with Crippen molar-refractivity contribution in [1.29, 1.82) is 0 Å². The van der Waals surface area contributed by atoms with Crippen LogP contribution in [0.25, 0.3) is 0 Å². The summed E-state index contributed by atoms with van der Waals surface area (Å²) in [6, 6.07) is -4.11. The number of carboxylic acid groups (broad SMARTS) is 1. The van der Waals surface area contributed by atoms with Crippen LogP contribution in [0.3, 0.4) is 0 Å². The number of aliphatic carboxylic acids is 1. The van der Waals surface area contributed by atoms with Gasteiger partial charge in [-0.15, -0.1) is 0 Å². The third-order valence-electron chi connectivity index (χ3n) is 5.01. The predicted octanol–water partition coefficient (Wildman–Crippen LogP) is -1.15. The fourth-order valence-corrected chi connectivity index (χ4v) is 3.18. The number of carbonyl (C=O) groups is 4. The lowest BCUT2D eigenvalue weighted by Gasteiger charge is -2.25. The first-order valence-electron chi connectivity index (χ1n) is 10.9. The minimum atomic E-state index is -1.20. The minimum absolute atomic E-state index is 0.0275. The molecule has 2 rings (SSSR count). The maximum atomic E-state index is 13.1. The molecule has 0 aromatic carbocycles. The quantitative estimate of drug-likeness (QED) is 0.187. The first-order chi connectivity index (χ1) is 16.1. The van der Waals surface area contributed by atoms with Gasteiger partial charge in [0, 0.05) is 36.6 Å². The molecule has 13 nitrogen and oxygen atoms in total. The molecule has 3 amide bonds. The van der Waals surface area contributed by atoms with Crippen molar-refractivity contribution in [2.45, 2.75) is 64.2 Å². The average molecular weight is 477 g/mol. The topological polar surface area (TPSA) is 208 Å². The molecular weight excluding hydrogens is 444 g/mol. The van der Waals surface area contributed by atoms with Gasteiger partial charge in [0.25, 0.3) is 0 Å². The van der Waals surface area contributed by atoms with Gasteiger partial charge in [0.05, 0.1) is 18.7 Å². The highest BCUT2D eigenvalue weighted by atomic mass is 16.4. The summed E-state index contributed by atoms with van der Waals surface area (Å²) in [6.45, 7) is 5.06. The number of imidazole rings is 2. The Bertz CT molecular complexity index is 945. The second kappa shape index (κ2) is 12.5. The maximum Gasteiger partial charge on any atom is 0.325 e. The summed E-state index contributed by atoms with van der Waals surface area (Å²) in [6.07, 6.45) is 6.52. The largest absolute Gasteiger partial charge is 0.480 e. The second-order valence-corrected chi connectivity index (χ2v) is 8.49. The van der Waals surface area contributed by atoms with E-state index < -0.39 is 47.9 Å². The van der Waals surface area contributed by atoms with E-state index in [9.17, 15) is 19.2 Å². The van der Waals surface area contributed by atoms with Crippen LogP contribution >= 0.6 is 0 Å². The number of nitrogens with one attached hydrogen (secondary N) is 5. The molecular formula is C21H32N8O5. The van der Waals surface area contributed by atoms with Crippen molar-refractivity contribution in [2.24, 2.45) is 11.7 Å². The highest BCUT2D eigenvalue weighted by Crippen LogP contribution is 2.08. The summed E-state index contributed by atoms with van der Waals surface area (Å²) in [7, 11) is 0. The number of nitrogens with two attached hydrogens (primary N) is 1. The number of hydrogen-bond donors (Lipinski definition) is 7. The van der Waals surface area contributed by atoms with Crippen molar-refractivity contribution in [1.82, 2.24) is 35.9 Å². The van der Waals surface area contributed by atoms with E-state index in [1.165, 1.54) is 25.8 Å². The van der Waals surface area contributed by atoms with E-state index in [2.05, 4.69) is 35.9 Å². The summed E-state index contributed by atoms with van der Waals surface area (Å²) < 4.78 is 0. The Morgan fingerprint density at radius 2 is 1.41 bits per heavy atom. The number of hydrogen-bond acceptors (Lipinski definition) is 7. The molecule has 4 atom stereocenters. The van der Waals surface area contributed by atoms with E-state index in [1.54, 1.807) is 6.20 Å². The fraction of sp³-hybridized carbons (Fsp3) is 0.524. The van der Waals surface area contributed by atoms with Crippen molar-refractivity contribution >= 4 is 23.7 Å². The third-order valence-corrected chi connectivity index (χ3v) is 5.01. The second-order valence-electron chi connectivity index (χ2n) is 8.49. The van der Waals surface area contributed by atoms with Crippen LogP contribution in [0.15, 0.2) is 25.0 Å². The average Bonchev–Trinajstić information content (AvgIpc) is 3.46. The van der Waals surface area contributed by atoms with E-state index in [-0.39, 0.29) is 25.2 Å². The van der Waals surface area contributed by atoms with Crippen LogP contribution in [0.4, 0.5) is 0 Å². The molecule has 0 spiro atoms. The van der Waals surface area contributed by atoms with Gasteiger partial charge in [-0.2, -0.15) is 0 Å². The molecule has 0 saturated heterocycles. The number of nitrogens with zero attached hydrogens (tertiary/aromatic N) is 2. The van der Waals surface area contributed by atoms with E-state index in [0.29, 0.717) is 11.4 Å². The van der Waals surface area contributed by atoms with Gasteiger partial charge < -0.3 is 36.8 Å². The highest BCUT2D eigenvalue weighted by molar-refractivity contribution is 5.94. The molecule has 34 heavy (non-hydrogen) atoms. The maximum absolute atomic E-state index is 13.1. The molecule has 8 N–H and O–H groups in total. The predicted molar refractivity (Wildman–Crippen MR) is 121 cm³/mol. The first kappa shape index (κ1) is 26.5. The van der Waals surface area contributed by atoms with Gasteiger partial charge in [-0.3, -0.25) is 19.2 Å². The Kier molecular flexibility index (Phi) is 9.74. The molecule has 0 bridgehead atoms. The van der Waals surface area contributed by atoms with E-state index in [0.717, 1.165) is 0 Å². The van der Waals surface area contributed by atoms with Crippen molar-refractivity contribution in [3.63, 3.8) is 0 Å². The molecule has 0 aliphatic heterocycles. The Labute approximate surface area is 196 Å². The van der Waals surface area contributed by atoms with Gasteiger partial charge in [-0.25, -0.2) is 9.97 Å². The van der Waals surface area contributed by atoms with Gasteiger partial charge >= 0.3 is 5.97 Å². The van der Waals surface area contributed by atoms with Crippen molar-refractivity contribution in [2.75, 3.05) is 0 Å².